The van der Waals surface area contributed by atoms with Gasteiger partial charge in [-0.3, -0.25) is 9.59 Å². The Labute approximate surface area is 132 Å². The number of nitrogens with zero attached hydrogens (tertiary/aromatic N) is 2. The van der Waals surface area contributed by atoms with Gasteiger partial charge >= 0.3 is 0 Å². The average molecular weight is 345 g/mol. The lowest BCUT2D eigenvalue weighted by atomic mass is 10.3. The second kappa shape index (κ2) is 7.08. The third-order valence-electron chi connectivity index (χ3n) is 2.14. The second-order valence-corrected chi connectivity index (χ2v) is 6.34. The van der Waals surface area contributed by atoms with Crippen LogP contribution in [-0.4, -0.2) is 20.5 Å². The molecule has 0 saturated carbocycles. The van der Waals surface area contributed by atoms with Gasteiger partial charge in [0.2, 0.25) is 0 Å². The number of aromatic nitrogens is 2. The molecule has 0 bridgehead atoms. The van der Waals surface area contributed by atoms with Crippen LogP contribution in [0.2, 0.25) is 0 Å². The molecule has 0 aliphatic heterocycles. The van der Waals surface area contributed by atoms with Gasteiger partial charge in [-0.15, -0.1) is 0 Å². The van der Waals surface area contributed by atoms with E-state index in [0.29, 0.717) is 11.1 Å². The predicted molar refractivity (Wildman–Crippen MR) is 80.6 cm³/mol. The maximum absolute atomic E-state index is 10.9. The molecule has 0 unspecified atom stereocenters. The number of hydrogen-bond donors (Lipinski definition) is 0. The zero-order valence-electron chi connectivity index (χ0n) is 9.75. The molecule has 2 aromatic rings. The molecule has 0 N–H and O–H groups in total. The minimum atomic E-state index is -0.537. The molecule has 8 heteroatoms. The van der Waals surface area contributed by atoms with Gasteiger partial charge in [0.1, 0.15) is 10.1 Å². The number of rotatable bonds is 5. The molecule has 2 rings (SSSR count). The first-order chi connectivity index (χ1) is 9.56. The fraction of sp³-hybridized carbons (Fsp3) is 0. The molecule has 0 aromatic carbocycles. The van der Waals surface area contributed by atoms with Gasteiger partial charge in [0.15, 0.2) is 0 Å². The van der Waals surface area contributed by atoms with Crippen LogP contribution in [0, 0.1) is 0 Å². The molecule has 20 heavy (non-hydrogen) atoms. The fourth-order valence-electron chi connectivity index (χ4n) is 1.18. The molecule has 2 heterocycles. The van der Waals surface area contributed by atoms with E-state index >= 15 is 0 Å². The third kappa shape index (κ3) is 4.21. The van der Waals surface area contributed by atoms with E-state index in [9.17, 15) is 9.59 Å². The number of hydrogen-bond acceptors (Lipinski definition) is 6. The van der Waals surface area contributed by atoms with Crippen molar-refractivity contribution in [2.24, 2.45) is 0 Å². The summed E-state index contributed by atoms with van der Waals surface area (Å²) in [5.74, 6) is 0. The summed E-state index contributed by atoms with van der Waals surface area (Å²) in [5.41, 5.74) is 0.702. The minimum Gasteiger partial charge on any atom is -0.276 e. The highest BCUT2D eigenvalue weighted by atomic mass is 35.5. The summed E-state index contributed by atoms with van der Waals surface area (Å²) in [6, 6.07) is 6.61. The molecule has 0 radical (unpaired) electrons. The normalized spacial score (nSPS) is 10.3. The number of carbonyl (C=O) groups is 2. The zero-order valence-corrected chi connectivity index (χ0v) is 12.9. The van der Waals surface area contributed by atoms with Crippen LogP contribution in [0.25, 0.3) is 0 Å². The summed E-state index contributed by atoms with van der Waals surface area (Å²) >= 11 is 10.7. The van der Waals surface area contributed by atoms with Crippen LogP contribution in [0.5, 0.6) is 0 Å². The van der Waals surface area contributed by atoms with Crippen molar-refractivity contribution in [2.45, 2.75) is 10.1 Å². The fourth-order valence-corrected chi connectivity index (χ4v) is 3.11. The van der Waals surface area contributed by atoms with E-state index < -0.39 is 10.5 Å². The van der Waals surface area contributed by atoms with Crippen molar-refractivity contribution in [3.05, 3.63) is 47.8 Å². The van der Waals surface area contributed by atoms with Gasteiger partial charge in [-0.25, -0.2) is 9.97 Å². The van der Waals surface area contributed by atoms with Crippen molar-refractivity contribution in [1.82, 2.24) is 9.97 Å². The van der Waals surface area contributed by atoms with E-state index in [1.807, 2.05) is 0 Å². The first-order valence-electron chi connectivity index (χ1n) is 5.22. The Morgan fingerprint density at radius 1 is 0.800 bits per heavy atom. The van der Waals surface area contributed by atoms with Gasteiger partial charge in [0.05, 0.1) is 11.1 Å². The van der Waals surface area contributed by atoms with Gasteiger partial charge in [-0.1, -0.05) is 0 Å². The third-order valence-corrected chi connectivity index (χ3v) is 4.76. The lowest BCUT2D eigenvalue weighted by Crippen LogP contribution is -1.90. The number of pyridine rings is 2. The molecule has 0 aliphatic rings. The van der Waals surface area contributed by atoms with E-state index in [-0.39, 0.29) is 0 Å². The lowest BCUT2D eigenvalue weighted by molar-refractivity contribution is 0.107. The van der Waals surface area contributed by atoms with Gasteiger partial charge in [-0.2, -0.15) is 0 Å². The van der Waals surface area contributed by atoms with Crippen LogP contribution in [0.3, 0.4) is 0 Å². The highest BCUT2D eigenvalue weighted by Crippen LogP contribution is 2.35. The predicted octanol–water partition coefficient (Wildman–Crippen LogP) is 4.03. The van der Waals surface area contributed by atoms with Crippen molar-refractivity contribution < 1.29 is 9.59 Å². The Kier molecular flexibility index (Phi) is 5.42. The Balaban J connectivity index is 1.97. The topological polar surface area (TPSA) is 59.9 Å². The van der Waals surface area contributed by atoms with Crippen molar-refractivity contribution >= 4 is 55.3 Å². The summed E-state index contributed by atoms with van der Waals surface area (Å²) in [4.78, 5) is 30.0. The monoisotopic (exact) mass is 344 g/mol. The van der Waals surface area contributed by atoms with Crippen LogP contribution in [-0.2, 0) is 0 Å². The first kappa shape index (κ1) is 15.3. The minimum absolute atomic E-state index is 0.351. The Morgan fingerprint density at radius 2 is 1.20 bits per heavy atom. The van der Waals surface area contributed by atoms with Gasteiger partial charge in [0, 0.05) is 12.4 Å². The number of carbonyl (C=O) groups excluding carboxylic acids is 2. The maximum atomic E-state index is 10.9. The first-order valence-corrected chi connectivity index (χ1v) is 8.13. The summed E-state index contributed by atoms with van der Waals surface area (Å²) in [6.45, 7) is 0. The highest BCUT2D eigenvalue weighted by molar-refractivity contribution is 8.76. The standard InChI is InChI=1S/C12H6Cl2N2O2S2/c13-11(17)7-1-3-9(15-5-7)19-20-10-4-2-8(6-16-10)12(14)18/h1-6H. The summed E-state index contributed by atoms with van der Waals surface area (Å²) in [6.07, 6.45) is 2.84. The molecule has 0 spiro atoms. The molecule has 0 amide bonds. The van der Waals surface area contributed by atoms with E-state index in [1.54, 1.807) is 24.3 Å². The van der Waals surface area contributed by atoms with E-state index in [4.69, 9.17) is 23.2 Å². The molecule has 0 atom stereocenters. The molecule has 0 saturated heterocycles. The molecular formula is C12H6Cl2N2O2S2. The summed E-state index contributed by atoms with van der Waals surface area (Å²) in [5, 5.41) is 0.362. The Bertz CT molecular complexity index is 575. The maximum Gasteiger partial charge on any atom is 0.253 e. The van der Waals surface area contributed by atoms with Crippen LogP contribution < -0.4 is 0 Å². The van der Waals surface area contributed by atoms with E-state index in [2.05, 4.69) is 9.97 Å². The molecule has 4 nitrogen and oxygen atoms in total. The lowest BCUT2D eigenvalue weighted by Gasteiger charge is -2.01. The molecule has 0 fully saturated rings. The molecular weight excluding hydrogens is 339 g/mol. The zero-order chi connectivity index (χ0) is 14.5. The van der Waals surface area contributed by atoms with Crippen molar-refractivity contribution in [3.63, 3.8) is 0 Å². The number of halogens is 2. The SMILES string of the molecule is O=C(Cl)c1ccc(SSc2ccc(C(=O)Cl)cn2)nc1. The average Bonchev–Trinajstić information content (AvgIpc) is 2.46. The van der Waals surface area contributed by atoms with Crippen LogP contribution in [0.1, 0.15) is 20.7 Å². The molecule has 0 aliphatic carbocycles. The largest absolute Gasteiger partial charge is 0.276 e. The van der Waals surface area contributed by atoms with Crippen molar-refractivity contribution in [3.8, 4) is 0 Å². The van der Waals surface area contributed by atoms with E-state index in [0.717, 1.165) is 10.1 Å². The van der Waals surface area contributed by atoms with E-state index in [1.165, 1.54) is 34.0 Å². The highest BCUT2D eigenvalue weighted by Gasteiger charge is 2.05. The van der Waals surface area contributed by atoms with Gasteiger partial charge < -0.3 is 0 Å². The molecule has 2 aromatic heterocycles. The summed E-state index contributed by atoms with van der Waals surface area (Å²) < 4.78 is 0. The van der Waals surface area contributed by atoms with Crippen LogP contribution in [0.4, 0.5) is 0 Å². The quantitative estimate of drug-likeness (QED) is 0.602. The van der Waals surface area contributed by atoms with Gasteiger partial charge in [0.25, 0.3) is 10.5 Å². The smallest absolute Gasteiger partial charge is 0.253 e. The van der Waals surface area contributed by atoms with Crippen molar-refractivity contribution in [2.75, 3.05) is 0 Å². The van der Waals surface area contributed by atoms with Gasteiger partial charge in [-0.05, 0) is 69.1 Å². The Hall–Kier alpha value is -1.08. The summed E-state index contributed by atoms with van der Waals surface area (Å²) in [7, 11) is 2.76. The van der Waals surface area contributed by atoms with Crippen LogP contribution in [0.15, 0.2) is 46.7 Å². The van der Waals surface area contributed by atoms with Crippen molar-refractivity contribution in [1.29, 1.82) is 0 Å². The molecule has 102 valence electrons. The second-order valence-electron chi connectivity index (χ2n) is 3.48. The Morgan fingerprint density at radius 3 is 1.45 bits per heavy atom. The van der Waals surface area contributed by atoms with Crippen LogP contribution >= 0.6 is 44.8 Å².